The fourth-order valence-corrected chi connectivity index (χ4v) is 1.14. The number of carbonyl (C=O) groups is 1. The van der Waals surface area contributed by atoms with Crippen LogP contribution < -0.4 is 0 Å². The third-order valence-corrected chi connectivity index (χ3v) is 1.87. The molecule has 1 heterocycles. The lowest BCUT2D eigenvalue weighted by atomic mass is 10.4. The Bertz CT molecular complexity index is 238. The van der Waals surface area contributed by atoms with Gasteiger partial charge in [-0.1, -0.05) is 18.2 Å². The predicted octanol–water partition coefficient (Wildman–Crippen LogP) is 1.14. The van der Waals surface area contributed by atoms with Gasteiger partial charge < -0.3 is 9.64 Å². The maximum absolute atomic E-state index is 9.92. The van der Waals surface area contributed by atoms with Crippen molar-refractivity contribution < 1.29 is 9.53 Å². The minimum Gasteiger partial charge on any atom is -0.378 e. The van der Waals surface area contributed by atoms with Crippen LogP contribution in [-0.4, -0.2) is 37.5 Å². The highest BCUT2D eigenvalue weighted by Crippen LogP contribution is 1.97. The minimum absolute atomic E-state index is 0.760. The van der Waals surface area contributed by atoms with Crippen LogP contribution in [0, 0.1) is 0 Å². The van der Waals surface area contributed by atoms with Crippen molar-refractivity contribution in [1.82, 2.24) is 4.90 Å². The van der Waals surface area contributed by atoms with E-state index in [1.54, 1.807) is 6.08 Å². The van der Waals surface area contributed by atoms with Crippen LogP contribution in [-0.2, 0) is 9.53 Å². The van der Waals surface area contributed by atoms with E-state index in [1.165, 1.54) is 6.08 Å². The Balaban J connectivity index is 2.21. The maximum atomic E-state index is 9.92. The van der Waals surface area contributed by atoms with E-state index in [9.17, 15) is 4.79 Å². The summed E-state index contributed by atoms with van der Waals surface area (Å²) in [6, 6.07) is 0. The van der Waals surface area contributed by atoms with E-state index in [0.29, 0.717) is 0 Å². The van der Waals surface area contributed by atoms with Crippen LogP contribution in [0.1, 0.15) is 0 Å². The topological polar surface area (TPSA) is 29.5 Å². The molecular formula is C11H15NO2. The summed E-state index contributed by atoms with van der Waals surface area (Å²) in [5.41, 5.74) is 0. The number of aldehydes is 1. The lowest BCUT2D eigenvalue weighted by Gasteiger charge is -2.24. The van der Waals surface area contributed by atoms with Crippen molar-refractivity contribution in [2.24, 2.45) is 0 Å². The number of ether oxygens (including phenoxy) is 1. The van der Waals surface area contributed by atoms with Crippen LogP contribution in [0.5, 0.6) is 0 Å². The molecule has 0 aromatic rings. The van der Waals surface area contributed by atoms with Crippen molar-refractivity contribution in [2.75, 3.05) is 26.3 Å². The molecule has 1 rings (SSSR count). The van der Waals surface area contributed by atoms with Gasteiger partial charge in [0.05, 0.1) is 13.2 Å². The van der Waals surface area contributed by atoms with E-state index in [1.807, 2.05) is 24.4 Å². The van der Waals surface area contributed by atoms with Crippen molar-refractivity contribution >= 4 is 6.29 Å². The molecule has 0 unspecified atom stereocenters. The predicted molar refractivity (Wildman–Crippen MR) is 55.9 cm³/mol. The summed E-state index contributed by atoms with van der Waals surface area (Å²) >= 11 is 0. The smallest absolute Gasteiger partial charge is 0.142 e. The van der Waals surface area contributed by atoms with Crippen molar-refractivity contribution in [3.63, 3.8) is 0 Å². The molecule has 1 aliphatic heterocycles. The largest absolute Gasteiger partial charge is 0.378 e. The first kappa shape index (κ1) is 10.7. The summed E-state index contributed by atoms with van der Waals surface area (Å²) in [6.07, 6.45) is 11.6. The van der Waals surface area contributed by atoms with Crippen LogP contribution in [0.2, 0.25) is 0 Å². The fraction of sp³-hybridized carbons (Fsp3) is 0.364. The normalized spacial score (nSPS) is 18.7. The number of rotatable bonds is 4. The molecule has 14 heavy (non-hydrogen) atoms. The first-order valence-electron chi connectivity index (χ1n) is 4.70. The Morgan fingerprint density at radius 2 is 1.57 bits per heavy atom. The Morgan fingerprint density at radius 3 is 2.29 bits per heavy atom. The van der Waals surface area contributed by atoms with Gasteiger partial charge >= 0.3 is 0 Å². The van der Waals surface area contributed by atoms with Gasteiger partial charge in [0.25, 0.3) is 0 Å². The number of morpholine rings is 1. The third-order valence-electron chi connectivity index (χ3n) is 1.87. The van der Waals surface area contributed by atoms with E-state index in [-0.39, 0.29) is 0 Å². The Hall–Kier alpha value is -1.35. The molecule has 3 heteroatoms. The summed E-state index contributed by atoms with van der Waals surface area (Å²) in [4.78, 5) is 12.1. The van der Waals surface area contributed by atoms with Crippen LogP contribution in [0.15, 0.2) is 36.6 Å². The van der Waals surface area contributed by atoms with Crippen LogP contribution in [0.3, 0.4) is 0 Å². The van der Waals surface area contributed by atoms with Gasteiger partial charge in [0.2, 0.25) is 0 Å². The molecule has 0 N–H and O–H groups in total. The molecule has 0 bridgehead atoms. The Kier molecular flexibility index (Phi) is 5.43. The summed E-state index contributed by atoms with van der Waals surface area (Å²) in [5, 5.41) is 0. The highest BCUT2D eigenvalue weighted by Gasteiger charge is 2.03. The van der Waals surface area contributed by atoms with Crippen LogP contribution >= 0.6 is 0 Å². The molecule has 0 amide bonds. The van der Waals surface area contributed by atoms with E-state index >= 15 is 0 Å². The molecule has 0 saturated carbocycles. The van der Waals surface area contributed by atoms with Gasteiger partial charge in [0.15, 0.2) is 0 Å². The highest BCUT2D eigenvalue weighted by molar-refractivity contribution is 5.65. The van der Waals surface area contributed by atoms with E-state index in [0.717, 1.165) is 32.6 Å². The third kappa shape index (κ3) is 4.62. The van der Waals surface area contributed by atoms with Gasteiger partial charge in [0, 0.05) is 13.1 Å². The number of nitrogens with zero attached hydrogens (tertiary/aromatic N) is 1. The summed E-state index contributed by atoms with van der Waals surface area (Å²) in [6.45, 7) is 3.52. The SMILES string of the molecule is O=CC=CC=CC=CN1CCOCC1. The fourth-order valence-electron chi connectivity index (χ4n) is 1.14. The van der Waals surface area contributed by atoms with Crippen molar-refractivity contribution in [2.45, 2.75) is 0 Å². The van der Waals surface area contributed by atoms with Gasteiger partial charge in [-0.2, -0.15) is 0 Å². The van der Waals surface area contributed by atoms with Gasteiger partial charge in [-0.15, -0.1) is 0 Å². The standard InChI is InChI=1S/C11H15NO2/c13-9-5-3-1-2-4-6-12-7-10-14-11-8-12/h1-6,9H,7-8,10-11H2. The lowest BCUT2D eigenvalue weighted by molar-refractivity contribution is -0.104. The molecule has 0 aliphatic carbocycles. The molecule has 0 atom stereocenters. The van der Waals surface area contributed by atoms with Crippen molar-refractivity contribution in [1.29, 1.82) is 0 Å². The monoisotopic (exact) mass is 193 g/mol. The van der Waals surface area contributed by atoms with Gasteiger partial charge in [-0.05, 0) is 18.4 Å². The van der Waals surface area contributed by atoms with Gasteiger partial charge in [-0.25, -0.2) is 0 Å². The molecule has 3 nitrogen and oxygen atoms in total. The average Bonchev–Trinajstić information content (AvgIpc) is 2.25. The highest BCUT2D eigenvalue weighted by atomic mass is 16.5. The molecule has 0 aromatic carbocycles. The van der Waals surface area contributed by atoms with Crippen LogP contribution in [0.4, 0.5) is 0 Å². The zero-order chi connectivity index (χ0) is 10.1. The van der Waals surface area contributed by atoms with Gasteiger partial charge in [-0.3, -0.25) is 4.79 Å². The zero-order valence-corrected chi connectivity index (χ0v) is 8.13. The summed E-state index contributed by atoms with van der Waals surface area (Å²) < 4.78 is 5.22. The van der Waals surface area contributed by atoms with Crippen molar-refractivity contribution in [3.05, 3.63) is 36.6 Å². The lowest BCUT2D eigenvalue weighted by Crippen LogP contribution is -2.31. The average molecular weight is 193 g/mol. The molecule has 0 aromatic heterocycles. The summed E-state index contributed by atoms with van der Waals surface area (Å²) in [5.74, 6) is 0. The molecule has 1 aliphatic rings. The second-order valence-corrected chi connectivity index (χ2v) is 2.90. The second kappa shape index (κ2) is 7.09. The quantitative estimate of drug-likeness (QED) is 0.381. The zero-order valence-electron chi connectivity index (χ0n) is 8.13. The number of hydrogen-bond acceptors (Lipinski definition) is 3. The van der Waals surface area contributed by atoms with E-state index < -0.39 is 0 Å². The van der Waals surface area contributed by atoms with Crippen LogP contribution in [0.25, 0.3) is 0 Å². The molecule has 1 fully saturated rings. The summed E-state index contributed by atoms with van der Waals surface area (Å²) in [7, 11) is 0. The Morgan fingerprint density at radius 1 is 0.929 bits per heavy atom. The molecule has 76 valence electrons. The molecule has 0 radical (unpaired) electrons. The molecule has 0 spiro atoms. The number of hydrogen-bond donors (Lipinski definition) is 0. The number of allylic oxidation sites excluding steroid dienone is 5. The second-order valence-electron chi connectivity index (χ2n) is 2.90. The van der Waals surface area contributed by atoms with Gasteiger partial charge in [0.1, 0.15) is 6.29 Å². The molecular weight excluding hydrogens is 178 g/mol. The van der Waals surface area contributed by atoms with E-state index in [2.05, 4.69) is 4.90 Å². The molecule has 1 saturated heterocycles. The minimum atomic E-state index is 0.760. The van der Waals surface area contributed by atoms with Crippen molar-refractivity contribution in [3.8, 4) is 0 Å². The first-order chi connectivity index (χ1) is 6.93. The first-order valence-corrected chi connectivity index (χ1v) is 4.70. The Labute approximate surface area is 84.3 Å². The number of carbonyl (C=O) groups excluding carboxylic acids is 1. The van der Waals surface area contributed by atoms with E-state index in [4.69, 9.17) is 4.74 Å². The maximum Gasteiger partial charge on any atom is 0.142 e.